The average Bonchev–Trinajstić information content (AvgIpc) is 3.21. The number of nitrogen functional groups attached to an aromatic ring is 2. The van der Waals surface area contributed by atoms with Crippen LogP contribution in [0.5, 0.6) is 0 Å². The summed E-state index contributed by atoms with van der Waals surface area (Å²) in [5.74, 6) is 13.1. The molecule has 2 aromatic carbocycles. The molecule has 0 amide bonds. The molecule has 306 valence electrons. The number of nitrogens with zero attached hydrogens (tertiary/aromatic N) is 6. The number of sulfone groups is 2. The molecule has 21 heteroatoms. The van der Waals surface area contributed by atoms with Crippen LogP contribution in [0.4, 0.5) is 5.95 Å². The van der Waals surface area contributed by atoms with Crippen molar-refractivity contribution in [1.82, 2.24) is 29.3 Å². The van der Waals surface area contributed by atoms with Gasteiger partial charge in [-0.3, -0.25) is 9.59 Å². The van der Waals surface area contributed by atoms with Crippen LogP contribution in [0.25, 0.3) is 44.3 Å². The van der Waals surface area contributed by atoms with Crippen LogP contribution in [0, 0.1) is 0 Å². The second kappa shape index (κ2) is 18.0. The maximum absolute atomic E-state index is 12.7. The number of aromatic nitrogens is 6. The van der Waals surface area contributed by atoms with Gasteiger partial charge in [-0.05, 0) is 56.2 Å². The van der Waals surface area contributed by atoms with Gasteiger partial charge in [0, 0.05) is 56.4 Å². The van der Waals surface area contributed by atoms with E-state index in [4.69, 9.17) is 40.6 Å². The Morgan fingerprint density at radius 2 is 1.14 bits per heavy atom. The number of nitrogens with two attached hydrogens (primary N) is 3. The number of nitrogens with one attached hydrogen (secondary N) is 1. The molecule has 7 N–H and O–H groups in total. The molecule has 58 heavy (non-hydrogen) atoms. The molecule has 8 rings (SSSR count). The number of rotatable bonds is 5. The number of hydrogen-bond donors (Lipinski definition) is 4. The van der Waals surface area contributed by atoms with Crippen molar-refractivity contribution < 1.29 is 16.8 Å². The maximum Gasteiger partial charge on any atom is 0.278 e. The van der Waals surface area contributed by atoms with Gasteiger partial charge in [-0.15, -0.1) is 0 Å². The fraction of sp³-hybridized carbons (Fsp3) is 0.297. The highest BCUT2D eigenvalue weighted by atomic mass is 35.5. The van der Waals surface area contributed by atoms with E-state index in [9.17, 15) is 26.4 Å². The summed E-state index contributed by atoms with van der Waals surface area (Å²) in [5.41, 5.74) is 7.41. The highest BCUT2D eigenvalue weighted by Crippen LogP contribution is 2.28. The zero-order valence-electron chi connectivity index (χ0n) is 31.1. The number of thioether (sulfide) groups is 1. The van der Waals surface area contributed by atoms with Crippen molar-refractivity contribution in [2.45, 2.75) is 42.9 Å². The van der Waals surface area contributed by atoms with E-state index in [0.29, 0.717) is 85.5 Å². The van der Waals surface area contributed by atoms with Gasteiger partial charge >= 0.3 is 0 Å². The second-order valence-corrected chi connectivity index (χ2v) is 19.8. The first-order chi connectivity index (χ1) is 27.6. The van der Waals surface area contributed by atoms with Gasteiger partial charge in [0.25, 0.3) is 11.1 Å². The normalized spacial score (nSPS) is 16.5. The zero-order valence-corrected chi connectivity index (χ0v) is 35.0. The van der Waals surface area contributed by atoms with Crippen LogP contribution in [0.3, 0.4) is 0 Å². The summed E-state index contributed by atoms with van der Waals surface area (Å²) in [6.45, 7) is 0. The number of pyridine rings is 2. The zero-order chi connectivity index (χ0) is 41.8. The van der Waals surface area contributed by atoms with Gasteiger partial charge < -0.3 is 22.7 Å². The topological polar surface area (TPSA) is 254 Å². The molecule has 0 aliphatic carbocycles. The van der Waals surface area contributed by atoms with Crippen molar-refractivity contribution in [3.05, 3.63) is 104 Å². The van der Waals surface area contributed by atoms with E-state index in [1.165, 1.54) is 11.8 Å². The Kier molecular flexibility index (Phi) is 13.3. The van der Waals surface area contributed by atoms with Gasteiger partial charge in [-0.1, -0.05) is 71.4 Å². The molecule has 2 saturated heterocycles. The summed E-state index contributed by atoms with van der Waals surface area (Å²) >= 11 is 13.8. The average molecular weight is 888 g/mol. The molecule has 0 spiro atoms. The van der Waals surface area contributed by atoms with Crippen LogP contribution < -0.4 is 33.9 Å². The van der Waals surface area contributed by atoms with Crippen LogP contribution in [0.2, 0.25) is 10.0 Å². The Labute approximate surface area is 348 Å². The smallest absolute Gasteiger partial charge is 0.278 e. The van der Waals surface area contributed by atoms with Gasteiger partial charge in [-0.25, -0.2) is 41.1 Å². The first-order valence-electron chi connectivity index (χ1n) is 17.9. The van der Waals surface area contributed by atoms with Crippen molar-refractivity contribution in [3.8, 4) is 22.3 Å². The van der Waals surface area contributed by atoms with Gasteiger partial charge in [0.2, 0.25) is 5.95 Å². The van der Waals surface area contributed by atoms with E-state index in [-0.39, 0.29) is 46.3 Å². The molecule has 0 unspecified atom stereocenters. The lowest BCUT2D eigenvalue weighted by atomic mass is 10.1. The molecule has 6 heterocycles. The maximum atomic E-state index is 12.7. The predicted octanol–water partition coefficient (Wildman–Crippen LogP) is 3.88. The monoisotopic (exact) mass is 886 g/mol. The Morgan fingerprint density at radius 1 is 0.690 bits per heavy atom. The van der Waals surface area contributed by atoms with Crippen molar-refractivity contribution in [3.63, 3.8) is 0 Å². The third-order valence-corrected chi connectivity index (χ3v) is 14.2. The van der Waals surface area contributed by atoms with Gasteiger partial charge in [-0.2, -0.15) is 4.98 Å². The van der Waals surface area contributed by atoms with Crippen LogP contribution >= 0.6 is 35.0 Å². The van der Waals surface area contributed by atoms with Gasteiger partial charge in [0.15, 0.2) is 16.5 Å². The summed E-state index contributed by atoms with van der Waals surface area (Å²) in [5, 5.41) is 5.92. The third kappa shape index (κ3) is 10.1. The molecule has 0 radical (unpaired) electrons. The molecular weight excluding hydrogens is 848 g/mol. The molecule has 2 aliphatic heterocycles. The Bertz CT molecular complexity index is 2810. The number of benzene rings is 2. The number of halogens is 2. The number of anilines is 1. The predicted molar refractivity (Wildman–Crippen MR) is 232 cm³/mol. The molecule has 0 saturated carbocycles. The molecule has 0 bridgehead atoms. The van der Waals surface area contributed by atoms with E-state index >= 15 is 0 Å². The minimum atomic E-state index is -2.95. The van der Waals surface area contributed by atoms with Crippen molar-refractivity contribution >= 4 is 82.7 Å². The first kappa shape index (κ1) is 42.8. The molecule has 0 atom stereocenters. The van der Waals surface area contributed by atoms with Crippen LogP contribution in [0.15, 0.2) is 87.8 Å². The molecule has 16 nitrogen and oxygen atoms in total. The quantitative estimate of drug-likeness (QED) is 0.109. The van der Waals surface area contributed by atoms with Gasteiger partial charge in [0.05, 0.1) is 34.1 Å². The van der Waals surface area contributed by atoms with E-state index in [2.05, 4.69) is 25.3 Å². The minimum absolute atomic E-state index is 0.0404. The van der Waals surface area contributed by atoms with Crippen molar-refractivity contribution in [2.75, 3.05) is 46.3 Å². The van der Waals surface area contributed by atoms with E-state index < -0.39 is 25.2 Å². The lowest BCUT2D eigenvalue weighted by molar-refractivity contribution is 0.547. The Hall–Kier alpha value is -4.79. The number of fused-ring (bicyclic) bond motifs is 2. The Morgan fingerprint density at radius 3 is 1.60 bits per heavy atom. The molecule has 6 aromatic rings. The van der Waals surface area contributed by atoms with Crippen molar-refractivity contribution in [1.29, 1.82) is 0 Å². The van der Waals surface area contributed by atoms with E-state index in [1.54, 1.807) is 60.9 Å². The van der Waals surface area contributed by atoms with Crippen LogP contribution in [-0.2, 0) is 19.7 Å². The second-order valence-electron chi connectivity index (χ2n) is 13.6. The largest absolute Gasteiger partial charge is 0.351 e. The third-order valence-electron chi connectivity index (χ3n) is 9.52. The summed E-state index contributed by atoms with van der Waals surface area (Å²) in [4.78, 5) is 42.3. The molecular formula is C37H40Cl2N10O6S3. The van der Waals surface area contributed by atoms with Gasteiger partial charge in [0.1, 0.15) is 19.7 Å². The molecule has 4 aromatic heterocycles. The SMILES string of the molecule is CSc1ncc2cc(-c3ccccc3Cl)c(=O)n(N)c2n1.NC1CCS(=O)(=O)CC1.Nn1c(=O)c(-c2ccccc2Cl)cc2cnc(NC3CCS(=O)(=O)CC3)nc21. The van der Waals surface area contributed by atoms with Crippen molar-refractivity contribution in [2.24, 2.45) is 5.73 Å². The summed E-state index contributed by atoms with van der Waals surface area (Å²) in [6, 6.07) is 17.6. The minimum Gasteiger partial charge on any atom is -0.351 e. The first-order valence-corrected chi connectivity index (χ1v) is 23.5. The summed E-state index contributed by atoms with van der Waals surface area (Å²) < 4.78 is 46.6. The fourth-order valence-electron chi connectivity index (χ4n) is 6.26. The Balaban J connectivity index is 0.000000165. The fourth-order valence-corrected chi connectivity index (χ4v) is 10.1. The molecule has 2 aliphatic rings. The number of hydrogen-bond acceptors (Lipinski definition) is 15. The summed E-state index contributed by atoms with van der Waals surface area (Å²) in [6.07, 6.45) is 7.35. The van der Waals surface area contributed by atoms with Crippen LogP contribution in [-0.4, -0.2) is 87.5 Å². The lowest BCUT2D eigenvalue weighted by Gasteiger charge is -2.23. The van der Waals surface area contributed by atoms with E-state index in [1.807, 2.05) is 18.4 Å². The molecule has 2 fully saturated rings. The highest BCUT2D eigenvalue weighted by Gasteiger charge is 2.24. The standard InChI is InChI=1S/C18H18ClN5O3S.C14H11ClN4OS.C5H11NO2S/c19-15-4-2-1-3-13(15)14-9-11-10-21-18(23-16(11)24(20)17(14)25)22-12-5-7-28(26,27)8-6-12;1-21-14-17-7-8-6-10(9-4-2-3-5-11(9)15)13(20)19(16)12(8)18-14;6-5-1-3-9(7,8)4-2-5/h1-4,9-10,12H,5-8,20H2,(H,21,22,23);2-7H,16H2,1H3;5H,1-4,6H2. The summed E-state index contributed by atoms with van der Waals surface area (Å²) in [7, 11) is -5.64. The van der Waals surface area contributed by atoms with E-state index in [0.717, 1.165) is 9.35 Å². The highest BCUT2D eigenvalue weighted by molar-refractivity contribution is 7.98. The lowest BCUT2D eigenvalue weighted by Crippen LogP contribution is -2.33. The van der Waals surface area contributed by atoms with Crippen LogP contribution in [0.1, 0.15) is 25.7 Å².